The van der Waals surface area contributed by atoms with E-state index in [0.29, 0.717) is 11.6 Å². The highest BCUT2D eigenvalue weighted by Crippen LogP contribution is 2.34. The van der Waals surface area contributed by atoms with Gasteiger partial charge in [0.05, 0.1) is 0 Å². The number of anilines is 1. The maximum atomic E-state index is 12.7. The molecule has 1 rings (SSSR count). The molecule has 7 heteroatoms. The quantitative estimate of drug-likeness (QED) is 0.674. The van der Waals surface area contributed by atoms with E-state index in [2.05, 4.69) is 15.3 Å². The normalized spacial score (nSPS) is 12.6. The van der Waals surface area contributed by atoms with Crippen molar-refractivity contribution >= 4 is 17.6 Å². The molecule has 0 aliphatic rings. The van der Waals surface area contributed by atoms with E-state index in [9.17, 15) is 13.2 Å². The molecule has 1 N–H and O–H groups in total. The van der Waals surface area contributed by atoms with Crippen molar-refractivity contribution in [3.8, 4) is 0 Å². The highest BCUT2D eigenvalue weighted by molar-refractivity contribution is 8.00. The molecule has 0 aromatic carbocycles. The lowest BCUT2D eigenvalue weighted by Gasteiger charge is -2.18. The first-order valence-corrected chi connectivity index (χ1v) is 6.32. The lowest BCUT2D eigenvalue weighted by atomic mass is 10.3. The van der Waals surface area contributed by atoms with Crippen LogP contribution < -0.4 is 5.32 Å². The summed E-state index contributed by atoms with van der Waals surface area (Å²) in [6, 6.07) is 1.54. The molecule has 0 spiro atoms. The van der Waals surface area contributed by atoms with Crippen molar-refractivity contribution in [2.75, 3.05) is 11.9 Å². The maximum absolute atomic E-state index is 12.7. The van der Waals surface area contributed by atoms with Crippen molar-refractivity contribution in [3.63, 3.8) is 0 Å². The Hall–Kier alpha value is -0.980. The van der Waals surface area contributed by atoms with Crippen molar-refractivity contribution in [1.29, 1.82) is 0 Å². The van der Waals surface area contributed by atoms with Crippen LogP contribution in [0.15, 0.2) is 11.1 Å². The lowest BCUT2D eigenvalue weighted by Crippen LogP contribution is -2.15. The summed E-state index contributed by atoms with van der Waals surface area (Å²) in [5.41, 5.74) is 0. The predicted octanol–water partition coefficient (Wildman–Crippen LogP) is 3.82. The van der Waals surface area contributed by atoms with Crippen molar-refractivity contribution in [2.45, 2.75) is 43.6 Å². The summed E-state index contributed by atoms with van der Waals surface area (Å²) >= 11 is 1.28. The van der Waals surface area contributed by atoms with Crippen LogP contribution in [0, 0.1) is 0 Å². The molecular weight excluding hydrogens is 263 g/mol. The van der Waals surface area contributed by atoms with Crippen molar-refractivity contribution in [1.82, 2.24) is 9.97 Å². The van der Waals surface area contributed by atoms with Gasteiger partial charge in [-0.15, -0.1) is 11.8 Å². The molecular formula is C11H16F3N3S. The second-order valence-corrected chi connectivity index (χ2v) is 6.50. The minimum absolute atomic E-state index is 0.201. The van der Waals surface area contributed by atoms with E-state index in [0.717, 1.165) is 0 Å². The summed E-state index contributed by atoms with van der Waals surface area (Å²) in [7, 11) is 0. The number of thioether (sulfide) groups is 1. The minimum Gasteiger partial charge on any atom is -0.370 e. The molecule has 0 fully saturated rings. The van der Waals surface area contributed by atoms with Gasteiger partial charge >= 0.3 is 6.18 Å². The van der Waals surface area contributed by atoms with E-state index < -0.39 is 12.0 Å². The third kappa shape index (κ3) is 4.72. The molecule has 0 saturated carbocycles. The van der Waals surface area contributed by atoms with Crippen LogP contribution in [0.5, 0.6) is 0 Å². The van der Waals surface area contributed by atoms with Gasteiger partial charge in [-0.25, -0.2) is 9.97 Å². The summed E-state index contributed by atoms with van der Waals surface area (Å²) in [6.45, 7) is 8.06. The van der Waals surface area contributed by atoms with Crippen LogP contribution in [0.25, 0.3) is 0 Å². The fraction of sp³-hybridized carbons (Fsp3) is 0.636. The van der Waals surface area contributed by atoms with Gasteiger partial charge in [0.25, 0.3) is 0 Å². The predicted molar refractivity (Wildman–Crippen MR) is 66.8 cm³/mol. The Labute approximate surface area is 109 Å². The van der Waals surface area contributed by atoms with Crippen molar-refractivity contribution in [3.05, 3.63) is 11.9 Å². The summed E-state index contributed by atoms with van der Waals surface area (Å²) in [5.74, 6) is -0.903. The van der Waals surface area contributed by atoms with Gasteiger partial charge in [-0.1, -0.05) is 20.8 Å². The van der Waals surface area contributed by atoms with Gasteiger partial charge < -0.3 is 5.32 Å². The second kappa shape index (κ2) is 5.34. The topological polar surface area (TPSA) is 37.8 Å². The third-order valence-corrected chi connectivity index (χ3v) is 2.76. The second-order valence-electron chi connectivity index (χ2n) is 4.66. The molecule has 18 heavy (non-hydrogen) atoms. The van der Waals surface area contributed by atoms with Gasteiger partial charge in [-0.3, -0.25) is 0 Å². The average molecular weight is 279 g/mol. The molecule has 1 heterocycles. The van der Waals surface area contributed by atoms with Crippen molar-refractivity contribution in [2.24, 2.45) is 0 Å². The highest BCUT2D eigenvalue weighted by atomic mass is 32.2. The SMILES string of the molecule is CCNc1cc(SC(C)(C)C)nc(C(F)(F)F)n1. The van der Waals surface area contributed by atoms with E-state index >= 15 is 0 Å². The number of nitrogens with zero attached hydrogens (tertiary/aromatic N) is 2. The smallest absolute Gasteiger partial charge is 0.370 e. The molecule has 1 aromatic heterocycles. The number of hydrogen-bond acceptors (Lipinski definition) is 4. The molecule has 0 aliphatic carbocycles. The van der Waals surface area contributed by atoms with Crippen LogP contribution >= 0.6 is 11.8 Å². The number of nitrogens with one attached hydrogen (secondary N) is 1. The van der Waals surface area contributed by atoms with Crippen molar-refractivity contribution < 1.29 is 13.2 Å². The van der Waals surface area contributed by atoms with Gasteiger partial charge in [-0.05, 0) is 6.92 Å². The first-order chi connectivity index (χ1) is 8.12. The van der Waals surface area contributed by atoms with Gasteiger partial charge in [0.1, 0.15) is 10.8 Å². The molecule has 102 valence electrons. The zero-order chi connectivity index (χ0) is 14.0. The molecule has 0 amide bonds. The first kappa shape index (κ1) is 15.1. The number of aromatic nitrogens is 2. The number of alkyl halides is 3. The van der Waals surface area contributed by atoms with Crippen LogP contribution in [0.2, 0.25) is 0 Å². The summed E-state index contributed by atoms with van der Waals surface area (Å²) in [6.07, 6.45) is -4.53. The number of hydrogen-bond donors (Lipinski definition) is 1. The fourth-order valence-corrected chi connectivity index (χ4v) is 2.12. The molecule has 0 radical (unpaired) electrons. The van der Waals surface area contributed by atoms with Gasteiger partial charge in [0, 0.05) is 17.4 Å². The Morgan fingerprint density at radius 2 is 1.83 bits per heavy atom. The van der Waals surface area contributed by atoms with Gasteiger partial charge in [-0.2, -0.15) is 13.2 Å². The minimum atomic E-state index is -4.53. The van der Waals surface area contributed by atoms with E-state index in [1.807, 2.05) is 20.8 Å². The van der Waals surface area contributed by atoms with Gasteiger partial charge in [0.15, 0.2) is 0 Å². The molecule has 0 aliphatic heterocycles. The zero-order valence-electron chi connectivity index (χ0n) is 10.7. The largest absolute Gasteiger partial charge is 0.451 e. The van der Waals surface area contributed by atoms with Crippen LogP contribution in [0.3, 0.4) is 0 Å². The Morgan fingerprint density at radius 3 is 2.28 bits per heavy atom. The van der Waals surface area contributed by atoms with Crippen LogP contribution in [0.1, 0.15) is 33.5 Å². The molecule has 0 bridgehead atoms. The van der Waals surface area contributed by atoms with Gasteiger partial charge in [0.2, 0.25) is 5.82 Å². The summed E-state index contributed by atoms with van der Waals surface area (Å²) in [5, 5.41) is 3.10. The summed E-state index contributed by atoms with van der Waals surface area (Å²) in [4.78, 5) is 7.02. The Kier molecular flexibility index (Phi) is 4.47. The number of rotatable bonds is 3. The highest BCUT2D eigenvalue weighted by Gasteiger charge is 2.35. The Bertz CT molecular complexity index is 413. The van der Waals surface area contributed by atoms with E-state index in [1.54, 1.807) is 6.92 Å². The summed E-state index contributed by atoms with van der Waals surface area (Å²) < 4.78 is 37.8. The maximum Gasteiger partial charge on any atom is 0.451 e. The fourth-order valence-electron chi connectivity index (χ4n) is 1.19. The van der Waals surface area contributed by atoms with Crippen LogP contribution in [0.4, 0.5) is 19.0 Å². The first-order valence-electron chi connectivity index (χ1n) is 5.51. The molecule has 0 atom stereocenters. The zero-order valence-corrected chi connectivity index (χ0v) is 11.5. The Balaban J connectivity index is 3.14. The third-order valence-electron chi connectivity index (χ3n) is 1.72. The number of halogens is 3. The standard InChI is InChI=1S/C11H16F3N3S/c1-5-15-7-6-8(18-10(2,3)4)17-9(16-7)11(12,13)14/h6H,5H2,1-4H3,(H,15,16,17). The lowest BCUT2D eigenvalue weighted by molar-refractivity contribution is -0.145. The van der Waals surface area contributed by atoms with E-state index in [-0.39, 0.29) is 10.6 Å². The molecule has 1 aromatic rings. The average Bonchev–Trinajstić information content (AvgIpc) is 2.13. The van der Waals surface area contributed by atoms with E-state index in [1.165, 1.54) is 17.8 Å². The van der Waals surface area contributed by atoms with Crippen LogP contribution in [-0.4, -0.2) is 21.3 Å². The molecule has 3 nitrogen and oxygen atoms in total. The monoisotopic (exact) mass is 279 g/mol. The van der Waals surface area contributed by atoms with E-state index in [4.69, 9.17) is 0 Å². The molecule has 0 saturated heterocycles. The molecule has 0 unspecified atom stereocenters. The Morgan fingerprint density at radius 1 is 1.22 bits per heavy atom. The van der Waals surface area contributed by atoms with Crippen LogP contribution in [-0.2, 0) is 6.18 Å².